The van der Waals surface area contributed by atoms with Gasteiger partial charge in [-0.1, -0.05) is 37.1 Å². The molecule has 1 aromatic heterocycles. The summed E-state index contributed by atoms with van der Waals surface area (Å²) in [6.07, 6.45) is 5.14. The van der Waals surface area contributed by atoms with Crippen LogP contribution in [0, 0.1) is 0 Å². The molecule has 2 atom stereocenters. The quantitative estimate of drug-likeness (QED) is 0.677. The van der Waals surface area contributed by atoms with Crippen LogP contribution in [0.2, 0.25) is 0 Å². The largest absolute Gasteiger partial charge is 0.485 e. The predicted octanol–water partition coefficient (Wildman–Crippen LogP) is 3.49. The van der Waals surface area contributed by atoms with Gasteiger partial charge in [-0.15, -0.1) is 0 Å². The summed E-state index contributed by atoms with van der Waals surface area (Å²) in [6, 6.07) is 13.5. The first kappa shape index (κ1) is 18.8. The van der Waals surface area contributed by atoms with Crippen molar-refractivity contribution in [3.05, 3.63) is 59.9 Å². The number of amides is 1. The van der Waals surface area contributed by atoms with E-state index in [0.29, 0.717) is 18.0 Å². The minimum atomic E-state index is -0.856. The summed E-state index contributed by atoms with van der Waals surface area (Å²) in [5.74, 6) is 0.997. The Labute approximate surface area is 180 Å². The predicted molar refractivity (Wildman–Crippen MR) is 114 cm³/mol. The second-order valence-corrected chi connectivity index (χ2v) is 9.02. The smallest absolute Gasteiger partial charge is 0.264 e. The molecule has 3 aliphatic rings. The number of carbonyl (C=O) groups excluding carboxylic acids is 1. The van der Waals surface area contributed by atoms with Crippen molar-refractivity contribution in [2.75, 3.05) is 13.2 Å². The first-order valence-corrected chi connectivity index (χ1v) is 11.0. The van der Waals surface area contributed by atoms with Gasteiger partial charge in [-0.25, -0.2) is 0 Å². The number of hydrogen-bond donors (Lipinski definition) is 2. The van der Waals surface area contributed by atoms with Crippen molar-refractivity contribution in [2.45, 2.75) is 49.2 Å². The molecule has 0 bridgehead atoms. The molecule has 160 valence electrons. The highest BCUT2D eigenvalue weighted by atomic mass is 16.6. The number of furan rings is 1. The van der Waals surface area contributed by atoms with Gasteiger partial charge in [0.15, 0.2) is 11.5 Å². The Kier molecular flexibility index (Phi) is 4.09. The molecule has 1 saturated carbocycles. The first-order chi connectivity index (χ1) is 15.1. The summed E-state index contributed by atoms with van der Waals surface area (Å²) >= 11 is 0. The van der Waals surface area contributed by atoms with Gasteiger partial charge < -0.3 is 24.3 Å². The second-order valence-electron chi connectivity index (χ2n) is 9.02. The zero-order valence-electron chi connectivity index (χ0n) is 17.2. The summed E-state index contributed by atoms with van der Waals surface area (Å²) in [7, 11) is 0. The summed E-state index contributed by atoms with van der Waals surface area (Å²) in [5, 5.41) is 15.8. The fourth-order valence-electron chi connectivity index (χ4n) is 5.70. The normalized spacial score (nSPS) is 25.6. The Morgan fingerprint density at radius 3 is 2.74 bits per heavy atom. The van der Waals surface area contributed by atoms with Gasteiger partial charge in [0, 0.05) is 22.9 Å². The van der Waals surface area contributed by atoms with Gasteiger partial charge in [-0.3, -0.25) is 4.79 Å². The number of carbonyl (C=O) groups is 1. The molecule has 0 spiro atoms. The standard InChI is InChI=1S/C25H25NO5/c27-23(20-14-30-18-5-1-2-6-19(18)31-20)26-15-24(25(28)10-3-4-11-25)13-17-8-7-16-9-12-29-22(16)21(17)24/h1-2,5-9,12,20,28H,3-4,10-11,13-15H2,(H,26,27). The van der Waals surface area contributed by atoms with Gasteiger partial charge in [0.05, 0.1) is 11.9 Å². The minimum absolute atomic E-state index is 0.166. The highest BCUT2D eigenvalue weighted by molar-refractivity contribution is 5.86. The van der Waals surface area contributed by atoms with E-state index in [9.17, 15) is 9.90 Å². The zero-order valence-corrected chi connectivity index (χ0v) is 17.2. The maximum Gasteiger partial charge on any atom is 0.264 e. The van der Waals surface area contributed by atoms with Crippen molar-refractivity contribution in [2.24, 2.45) is 0 Å². The molecule has 6 nitrogen and oxygen atoms in total. The van der Waals surface area contributed by atoms with E-state index in [2.05, 4.69) is 17.4 Å². The van der Waals surface area contributed by atoms with Crippen LogP contribution in [0.3, 0.4) is 0 Å². The maximum atomic E-state index is 13.0. The molecular formula is C25H25NO5. The molecule has 6 rings (SSSR count). The molecule has 0 radical (unpaired) electrons. The van der Waals surface area contributed by atoms with Crippen LogP contribution in [0.1, 0.15) is 36.8 Å². The number of nitrogens with one attached hydrogen (secondary N) is 1. The third kappa shape index (κ3) is 2.71. The van der Waals surface area contributed by atoms with Crippen molar-refractivity contribution in [3.8, 4) is 11.5 Å². The monoisotopic (exact) mass is 419 g/mol. The molecule has 2 unspecified atom stereocenters. The lowest BCUT2D eigenvalue weighted by molar-refractivity contribution is -0.131. The zero-order chi connectivity index (χ0) is 21.1. The van der Waals surface area contributed by atoms with E-state index in [1.54, 1.807) is 12.3 Å². The number of ether oxygens (including phenoxy) is 2. The summed E-state index contributed by atoms with van der Waals surface area (Å²) in [6.45, 7) is 0.510. The average molecular weight is 419 g/mol. The highest BCUT2D eigenvalue weighted by Gasteiger charge is 2.59. The number of aliphatic hydroxyl groups is 1. The van der Waals surface area contributed by atoms with Crippen molar-refractivity contribution < 1.29 is 23.8 Å². The Bertz CT molecular complexity index is 1160. The van der Waals surface area contributed by atoms with Gasteiger partial charge in [-0.05, 0) is 43.0 Å². The van der Waals surface area contributed by atoms with Gasteiger partial charge in [0.25, 0.3) is 5.91 Å². The molecular weight excluding hydrogens is 394 g/mol. The molecule has 2 heterocycles. The topological polar surface area (TPSA) is 80.9 Å². The fourth-order valence-corrected chi connectivity index (χ4v) is 5.70. The van der Waals surface area contributed by atoms with Crippen LogP contribution >= 0.6 is 0 Å². The number of hydrogen-bond acceptors (Lipinski definition) is 5. The van der Waals surface area contributed by atoms with Crippen LogP contribution in [-0.4, -0.2) is 35.9 Å². The molecule has 1 fully saturated rings. The lowest BCUT2D eigenvalue weighted by atomic mass is 9.54. The third-order valence-corrected chi connectivity index (χ3v) is 7.37. The minimum Gasteiger partial charge on any atom is -0.485 e. The fraction of sp³-hybridized carbons (Fsp3) is 0.400. The summed E-state index contributed by atoms with van der Waals surface area (Å²) in [4.78, 5) is 13.0. The molecule has 1 amide bonds. The molecule has 2 aromatic carbocycles. The molecule has 0 saturated heterocycles. The lowest BCUT2D eigenvalue weighted by Gasteiger charge is -2.53. The summed E-state index contributed by atoms with van der Waals surface area (Å²) in [5.41, 5.74) is 1.64. The molecule has 1 aliphatic heterocycles. The van der Waals surface area contributed by atoms with Crippen LogP contribution in [0.5, 0.6) is 11.5 Å². The van der Waals surface area contributed by atoms with Crippen LogP contribution in [0.15, 0.2) is 53.1 Å². The maximum absolute atomic E-state index is 13.0. The van der Waals surface area contributed by atoms with E-state index in [0.717, 1.165) is 48.6 Å². The molecule has 6 heteroatoms. The SMILES string of the molecule is O=C(NCC1(C2(O)CCCC2)Cc2ccc3ccoc3c21)C1COc2ccccc2O1. The third-order valence-electron chi connectivity index (χ3n) is 7.37. The van der Waals surface area contributed by atoms with Crippen LogP contribution < -0.4 is 14.8 Å². The average Bonchev–Trinajstić information content (AvgIpc) is 3.42. The van der Waals surface area contributed by atoms with E-state index in [1.807, 2.05) is 24.3 Å². The van der Waals surface area contributed by atoms with E-state index in [4.69, 9.17) is 13.9 Å². The number of benzene rings is 2. The Morgan fingerprint density at radius 1 is 1.10 bits per heavy atom. The molecule has 2 aliphatic carbocycles. The van der Waals surface area contributed by atoms with E-state index >= 15 is 0 Å². The number of para-hydroxylation sites is 2. The Balaban J connectivity index is 1.29. The van der Waals surface area contributed by atoms with Crippen molar-refractivity contribution in [1.82, 2.24) is 5.32 Å². The van der Waals surface area contributed by atoms with Crippen molar-refractivity contribution >= 4 is 16.9 Å². The van der Waals surface area contributed by atoms with Crippen LogP contribution in [0.4, 0.5) is 0 Å². The summed E-state index contributed by atoms with van der Waals surface area (Å²) < 4.78 is 17.4. The Hall–Kier alpha value is -2.99. The van der Waals surface area contributed by atoms with E-state index in [1.165, 1.54) is 5.56 Å². The molecule has 3 aromatic rings. The van der Waals surface area contributed by atoms with Crippen LogP contribution in [0.25, 0.3) is 11.0 Å². The van der Waals surface area contributed by atoms with E-state index < -0.39 is 17.1 Å². The Morgan fingerprint density at radius 2 is 1.90 bits per heavy atom. The van der Waals surface area contributed by atoms with Crippen molar-refractivity contribution in [3.63, 3.8) is 0 Å². The number of fused-ring (bicyclic) bond motifs is 4. The van der Waals surface area contributed by atoms with Crippen molar-refractivity contribution in [1.29, 1.82) is 0 Å². The highest BCUT2D eigenvalue weighted by Crippen LogP contribution is 2.56. The van der Waals surface area contributed by atoms with Gasteiger partial charge in [0.2, 0.25) is 6.10 Å². The molecule has 31 heavy (non-hydrogen) atoms. The van der Waals surface area contributed by atoms with Gasteiger partial charge in [-0.2, -0.15) is 0 Å². The number of rotatable bonds is 4. The van der Waals surface area contributed by atoms with Crippen LogP contribution in [-0.2, 0) is 16.6 Å². The van der Waals surface area contributed by atoms with Gasteiger partial charge >= 0.3 is 0 Å². The van der Waals surface area contributed by atoms with Gasteiger partial charge in [0.1, 0.15) is 12.2 Å². The lowest BCUT2D eigenvalue weighted by Crippen LogP contribution is -2.63. The second kappa shape index (κ2) is 6.76. The first-order valence-electron chi connectivity index (χ1n) is 11.0. The van der Waals surface area contributed by atoms with E-state index in [-0.39, 0.29) is 12.5 Å². The molecule has 2 N–H and O–H groups in total.